The summed E-state index contributed by atoms with van der Waals surface area (Å²) in [4.78, 5) is 35.4. The molecule has 0 spiro atoms. The van der Waals surface area contributed by atoms with Gasteiger partial charge in [-0.2, -0.15) is 0 Å². The molecule has 0 aromatic carbocycles. The van der Waals surface area contributed by atoms with E-state index in [-0.39, 0.29) is 26.1 Å². The van der Waals surface area contributed by atoms with Crippen molar-refractivity contribution in [1.82, 2.24) is 0 Å². The lowest BCUT2D eigenvalue weighted by Gasteiger charge is -2.24. The lowest BCUT2D eigenvalue weighted by molar-refractivity contribution is -0.870. The first-order valence-electron chi connectivity index (χ1n) is 22.2. The second-order valence-corrected chi connectivity index (χ2v) is 17.6. The van der Waals surface area contributed by atoms with E-state index in [1.165, 1.54) is 38.5 Å². The molecule has 0 aliphatic rings. The largest absolute Gasteiger partial charge is 0.472 e. The fourth-order valence-corrected chi connectivity index (χ4v) is 6.37. The molecular formula is C46H83NO10P+. The predicted molar refractivity (Wildman–Crippen MR) is 236 cm³/mol. The average Bonchev–Trinajstić information content (AvgIpc) is 3.16. The Kier molecular flexibility index (Phi) is 36.1. The van der Waals surface area contributed by atoms with Crippen LogP contribution in [0.5, 0.6) is 0 Å². The minimum absolute atomic E-state index is 0.00944. The molecule has 0 aromatic heterocycles. The van der Waals surface area contributed by atoms with Crippen molar-refractivity contribution in [2.24, 2.45) is 0 Å². The fourth-order valence-electron chi connectivity index (χ4n) is 5.63. The van der Waals surface area contributed by atoms with Gasteiger partial charge in [-0.05, 0) is 57.8 Å². The topological polar surface area (TPSA) is 149 Å². The van der Waals surface area contributed by atoms with E-state index < -0.39 is 44.7 Å². The van der Waals surface area contributed by atoms with Crippen LogP contribution in [-0.4, -0.2) is 97.3 Å². The Balaban J connectivity index is 4.61. The fraction of sp³-hybridized carbons (Fsp3) is 0.739. The number of aliphatic hydroxyl groups is 2. The van der Waals surface area contributed by atoms with Crippen LogP contribution in [0.3, 0.4) is 0 Å². The number of quaternary nitrogens is 1. The molecule has 4 atom stereocenters. The number of hydrogen-bond donors (Lipinski definition) is 3. The number of carbonyl (C=O) groups is 2. The van der Waals surface area contributed by atoms with Crippen LogP contribution in [0.2, 0.25) is 0 Å². The zero-order valence-corrected chi connectivity index (χ0v) is 37.9. The summed E-state index contributed by atoms with van der Waals surface area (Å²) < 4.78 is 34.1. The zero-order valence-electron chi connectivity index (χ0n) is 37.0. The van der Waals surface area contributed by atoms with Crippen molar-refractivity contribution in [3.05, 3.63) is 60.8 Å². The zero-order chi connectivity index (χ0) is 43.2. The van der Waals surface area contributed by atoms with Gasteiger partial charge in [0.05, 0.1) is 40.0 Å². The monoisotopic (exact) mass is 841 g/mol. The quantitative estimate of drug-likeness (QED) is 0.0136. The standard InChI is InChI=1S/C46H82NO10P/c1-6-8-10-11-12-13-14-15-16-17-18-19-23-26-30-36-46(51)57-44(41-56-58(52,53)55-39-38-47(3,4)5)40-54-45(50)37-31-35-43(49)34-29-25-22-20-21-24-28-33-42(48)32-27-9-7-2/h15-16,21-22,24-25,28-29,33-34,42-44,48-49H,6-14,17-20,23,26-27,30-32,35-41H2,1-5H3/p+1/b16-15-,24-21-,25-22-,33-28+,34-29+/t42-,43-,44+/m0/s1. The Morgan fingerprint density at radius 1 is 0.621 bits per heavy atom. The molecule has 0 aliphatic heterocycles. The van der Waals surface area contributed by atoms with Gasteiger partial charge in [0.15, 0.2) is 6.10 Å². The van der Waals surface area contributed by atoms with Crippen LogP contribution in [0.15, 0.2) is 60.8 Å². The molecule has 58 heavy (non-hydrogen) atoms. The van der Waals surface area contributed by atoms with Crippen molar-refractivity contribution in [1.29, 1.82) is 0 Å². The van der Waals surface area contributed by atoms with Crippen LogP contribution < -0.4 is 0 Å². The van der Waals surface area contributed by atoms with Crippen molar-refractivity contribution >= 4 is 19.8 Å². The molecule has 0 heterocycles. The highest BCUT2D eigenvalue weighted by molar-refractivity contribution is 7.47. The molecule has 11 nitrogen and oxygen atoms in total. The molecule has 0 amide bonds. The van der Waals surface area contributed by atoms with Gasteiger partial charge in [-0.25, -0.2) is 4.57 Å². The Labute approximate surface area is 352 Å². The summed E-state index contributed by atoms with van der Waals surface area (Å²) >= 11 is 0. The SMILES string of the molecule is CCCCCCCC/C=C\CCCCCCCC(=O)O[C@H](COC(=O)CCC[C@@H](O)/C=C/C=C\C/C=C\C=C\[C@@H](O)CCCCC)COP(=O)(O)OCC[N+](C)(C)C. The molecule has 1 unspecified atom stereocenters. The second-order valence-electron chi connectivity index (χ2n) is 16.1. The maximum absolute atomic E-state index is 12.7. The number of hydrogen-bond acceptors (Lipinski definition) is 9. The van der Waals surface area contributed by atoms with Gasteiger partial charge in [0.25, 0.3) is 0 Å². The maximum atomic E-state index is 12.7. The molecule has 0 aromatic rings. The van der Waals surface area contributed by atoms with Crippen LogP contribution in [0.1, 0.15) is 155 Å². The normalized spacial score (nSPS) is 15.2. The number of carbonyl (C=O) groups excluding carboxylic acids is 2. The highest BCUT2D eigenvalue weighted by Gasteiger charge is 2.27. The Morgan fingerprint density at radius 2 is 1.14 bits per heavy atom. The number of likely N-dealkylation sites (N-methyl/N-ethyl adjacent to an activating group) is 1. The highest BCUT2D eigenvalue weighted by atomic mass is 31.2. The second kappa shape index (κ2) is 37.6. The van der Waals surface area contributed by atoms with Crippen molar-refractivity contribution in [2.75, 3.05) is 47.5 Å². The number of ether oxygens (including phenoxy) is 2. The van der Waals surface area contributed by atoms with E-state index >= 15 is 0 Å². The van der Waals surface area contributed by atoms with Gasteiger partial charge < -0.3 is 29.1 Å². The molecule has 0 fully saturated rings. The summed E-state index contributed by atoms with van der Waals surface area (Å²) in [5.41, 5.74) is 0. The molecule has 0 saturated carbocycles. The molecule has 12 heteroatoms. The first-order chi connectivity index (χ1) is 27.8. The number of aliphatic hydroxyl groups excluding tert-OH is 2. The van der Waals surface area contributed by atoms with Gasteiger partial charge in [-0.3, -0.25) is 18.6 Å². The van der Waals surface area contributed by atoms with Crippen molar-refractivity contribution in [3.63, 3.8) is 0 Å². The van der Waals surface area contributed by atoms with Gasteiger partial charge >= 0.3 is 19.8 Å². The number of nitrogens with zero attached hydrogens (tertiary/aromatic N) is 1. The molecule has 0 bridgehead atoms. The van der Waals surface area contributed by atoms with Crippen LogP contribution in [-0.2, 0) is 32.7 Å². The number of unbranched alkanes of at least 4 members (excludes halogenated alkanes) is 13. The van der Waals surface area contributed by atoms with Crippen molar-refractivity contribution < 1.29 is 52.3 Å². The molecule has 336 valence electrons. The molecule has 0 saturated heterocycles. The molecule has 0 aliphatic carbocycles. The summed E-state index contributed by atoms with van der Waals surface area (Å²) in [6.07, 6.45) is 37.7. The van der Waals surface area contributed by atoms with Crippen molar-refractivity contribution in [3.8, 4) is 0 Å². The van der Waals surface area contributed by atoms with E-state index in [1.54, 1.807) is 18.2 Å². The van der Waals surface area contributed by atoms with Gasteiger partial charge in [0.2, 0.25) is 0 Å². The van der Waals surface area contributed by atoms with Crippen LogP contribution >= 0.6 is 7.82 Å². The summed E-state index contributed by atoms with van der Waals surface area (Å²) in [7, 11) is 1.34. The molecule has 0 radical (unpaired) electrons. The number of phosphoric acid groups is 1. The number of esters is 2. The molecular weight excluding hydrogens is 757 g/mol. The minimum Gasteiger partial charge on any atom is -0.462 e. The maximum Gasteiger partial charge on any atom is 0.472 e. The first kappa shape index (κ1) is 55.6. The van der Waals surface area contributed by atoms with Crippen molar-refractivity contribution in [2.45, 2.75) is 173 Å². The Hall–Kier alpha value is -2.37. The van der Waals surface area contributed by atoms with E-state index in [9.17, 15) is 29.3 Å². The van der Waals surface area contributed by atoms with E-state index in [0.717, 1.165) is 64.2 Å². The summed E-state index contributed by atoms with van der Waals surface area (Å²) in [6, 6.07) is 0. The third-order valence-electron chi connectivity index (χ3n) is 9.23. The van der Waals surface area contributed by atoms with Crippen LogP contribution in [0.25, 0.3) is 0 Å². The van der Waals surface area contributed by atoms with Crippen LogP contribution in [0.4, 0.5) is 0 Å². The predicted octanol–water partition coefficient (Wildman–Crippen LogP) is 10.4. The van der Waals surface area contributed by atoms with Gasteiger partial charge in [-0.15, -0.1) is 0 Å². The van der Waals surface area contributed by atoms with Crippen LogP contribution in [0, 0.1) is 0 Å². The summed E-state index contributed by atoms with van der Waals surface area (Å²) in [6.45, 7) is 4.03. The Bertz CT molecular complexity index is 1210. The third-order valence-corrected chi connectivity index (χ3v) is 10.2. The van der Waals surface area contributed by atoms with E-state index in [2.05, 4.69) is 26.0 Å². The Morgan fingerprint density at radius 3 is 1.72 bits per heavy atom. The smallest absolute Gasteiger partial charge is 0.462 e. The lowest BCUT2D eigenvalue weighted by atomic mass is 10.1. The molecule has 3 N–H and O–H groups in total. The number of phosphoric ester groups is 1. The van der Waals surface area contributed by atoms with Gasteiger partial charge in [0.1, 0.15) is 19.8 Å². The summed E-state index contributed by atoms with van der Waals surface area (Å²) in [5, 5.41) is 20.2. The highest BCUT2D eigenvalue weighted by Crippen LogP contribution is 2.43. The summed E-state index contributed by atoms with van der Waals surface area (Å²) in [5.74, 6) is -1.04. The minimum atomic E-state index is -4.43. The van der Waals surface area contributed by atoms with Gasteiger partial charge in [0, 0.05) is 12.8 Å². The first-order valence-corrected chi connectivity index (χ1v) is 23.7. The van der Waals surface area contributed by atoms with E-state index in [0.29, 0.717) is 36.7 Å². The van der Waals surface area contributed by atoms with E-state index in [1.807, 2.05) is 51.5 Å². The van der Waals surface area contributed by atoms with E-state index in [4.69, 9.17) is 18.5 Å². The van der Waals surface area contributed by atoms with Gasteiger partial charge in [-0.1, -0.05) is 145 Å². The average molecular weight is 841 g/mol. The lowest BCUT2D eigenvalue weighted by Crippen LogP contribution is -2.37. The third kappa shape index (κ3) is 40.4. The number of rotatable bonds is 39. The molecule has 0 rings (SSSR count). The number of allylic oxidation sites excluding steroid dienone is 8.